The molecule has 1 unspecified atom stereocenters. The van der Waals surface area contributed by atoms with E-state index >= 15 is 0 Å². The molecule has 4 atom stereocenters. The van der Waals surface area contributed by atoms with E-state index in [1.807, 2.05) is 52.7 Å². The second-order valence-corrected chi connectivity index (χ2v) is 9.40. The number of carbonyl (C=O) groups excluding carboxylic acids is 1. The van der Waals surface area contributed by atoms with Crippen LogP contribution < -0.4 is 10.1 Å². The highest BCUT2D eigenvalue weighted by atomic mass is 32.1. The number of hydrogen-bond acceptors (Lipinski definition) is 6. The fraction of sp³-hybridized carbons (Fsp3) is 0.435. The van der Waals surface area contributed by atoms with Crippen molar-refractivity contribution >= 4 is 17.2 Å². The molecule has 3 aromatic rings. The van der Waals surface area contributed by atoms with E-state index in [4.69, 9.17) is 4.74 Å². The lowest BCUT2D eigenvalue weighted by atomic mass is 9.75. The number of benzene rings is 1. The number of fused-ring (bicyclic) bond motifs is 3. The van der Waals surface area contributed by atoms with E-state index in [0.29, 0.717) is 25.1 Å². The Bertz CT molecular complexity index is 991. The smallest absolute Gasteiger partial charge is 0.224 e. The zero-order chi connectivity index (χ0) is 21.0. The van der Waals surface area contributed by atoms with Crippen LogP contribution in [0.3, 0.4) is 0 Å². The van der Waals surface area contributed by atoms with Crippen molar-refractivity contribution in [1.82, 2.24) is 25.2 Å². The SMILES string of the molecule is O=C(NCc1cccs1)[C@H]1CN2CC[C@H]1C[C@@H]2Cn1cc(COc2ccccc2)nn1. The Morgan fingerprint density at radius 2 is 2.13 bits per heavy atom. The number of rotatable bonds is 8. The molecule has 5 heterocycles. The van der Waals surface area contributed by atoms with Crippen molar-refractivity contribution in [3.05, 3.63) is 64.6 Å². The first-order valence-corrected chi connectivity index (χ1v) is 11.7. The lowest BCUT2D eigenvalue weighted by molar-refractivity contribution is -0.133. The van der Waals surface area contributed by atoms with Crippen molar-refractivity contribution in [3.8, 4) is 5.75 Å². The van der Waals surface area contributed by atoms with Gasteiger partial charge >= 0.3 is 0 Å². The van der Waals surface area contributed by atoms with Crippen LogP contribution in [-0.4, -0.2) is 44.9 Å². The third-order valence-electron chi connectivity index (χ3n) is 6.35. The van der Waals surface area contributed by atoms with Crippen LogP contribution in [-0.2, 0) is 24.5 Å². The maximum absolute atomic E-state index is 12.8. The molecule has 7 nitrogen and oxygen atoms in total. The molecule has 8 heteroatoms. The molecule has 0 radical (unpaired) electrons. The van der Waals surface area contributed by atoms with Crippen molar-refractivity contribution in [2.45, 2.75) is 38.6 Å². The fourth-order valence-corrected chi connectivity index (χ4v) is 5.37. The van der Waals surface area contributed by atoms with Gasteiger partial charge in [0.05, 0.1) is 25.2 Å². The van der Waals surface area contributed by atoms with Gasteiger partial charge < -0.3 is 10.1 Å². The highest BCUT2D eigenvalue weighted by molar-refractivity contribution is 7.09. The number of thiophene rings is 1. The first-order valence-electron chi connectivity index (χ1n) is 10.9. The molecule has 2 bridgehead atoms. The van der Waals surface area contributed by atoms with Gasteiger partial charge in [-0.2, -0.15) is 0 Å². The van der Waals surface area contributed by atoms with Crippen LogP contribution in [0.15, 0.2) is 54.0 Å². The summed E-state index contributed by atoms with van der Waals surface area (Å²) in [7, 11) is 0. The minimum atomic E-state index is 0.0931. The molecule has 1 aromatic carbocycles. The maximum Gasteiger partial charge on any atom is 0.224 e. The highest BCUT2D eigenvalue weighted by Crippen LogP contribution is 2.37. The molecule has 0 spiro atoms. The van der Waals surface area contributed by atoms with Gasteiger partial charge in [0.1, 0.15) is 18.1 Å². The predicted molar refractivity (Wildman–Crippen MR) is 119 cm³/mol. The molecule has 1 amide bonds. The predicted octanol–water partition coefficient (Wildman–Crippen LogP) is 2.95. The molecule has 0 saturated carbocycles. The number of hydrogen-bond donors (Lipinski definition) is 1. The minimum absolute atomic E-state index is 0.0931. The second kappa shape index (κ2) is 9.20. The number of ether oxygens (including phenoxy) is 1. The summed E-state index contributed by atoms with van der Waals surface area (Å²) < 4.78 is 7.68. The van der Waals surface area contributed by atoms with Gasteiger partial charge in [-0.3, -0.25) is 14.4 Å². The molecule has 3 aliphatic heterocycles. The highest BCUT2D eigenvalue weighted by Gasteiger charge is 2.43. The van der Waals surface area contributed by atoms with Crippen LogP contribution in [0.4, 0.5) is 0 Å². The van der Waals surface area contributed by atoms with Crippen LogP contribution in [0.1, 0.15) is 23.4 Å². The van der Waals surface area contributed by atoms with Crippen molar-refractivity contribution in [1.29, 1.82) is 0 Å². The van der Waals surface area contributed by atoms with E-state index in [9.17, 15) is 4.79 Å². The van der Waals surface area contributed by atoms with Gasteiger partial charge in [-0.25, -0.2) is 0 Å². The van der Waals surface area contributed by atoms with Gasteiger partial charge in [0.2, 0.25) is 5.91 Å². The number of nitrogens with one attached hydrogen (secondary N) is 1. The summed E-state index contributed by atoms with van der Waals surface area (Å²) in [5, 5.41) is 13.7. The monoisotopic (exact) mass is 437 g/mol. The van der Waals surface area contributed by atoms with E-state index in [-0.39, 0.29) is 11.8 Å². The average molecular weight is 438 g/mol. The Hall–Kier alpha value is -2.71. The quantitative estimate of drug-likeness (QED) is 0.587. The Labute approximate surface area is 186 Å². The molecular formula is C23H27N5O2S. The molecular weight excluding hydrogens is 410 g/mol. The number of aromatic nitrogens is 3. The van der Waals surface area contributed by atoms with E-state index in [1.54, 1.807) is 11.3 Å². The topological polar surface area (TPSA) is 72.3 Å². The lowest BCUT2D eigenvalue weighted by Gasteiger charge is -2.49. The first kappa shape index (κ1) is 20.2. The van der Waals surface area contributed by atoms with Gasteiger partial charge in [0.15, 0.2) is 0 Å². The van der Waals surface area contributed by atoms with E-state index < -0.39 is 0 Å². The maximum atomic E-state index is 12.8. The molecule has 0 aliphatic carbocycles. The van der Waals surface area contributed by atoms with Crippen molar-refractivity contribution in [2.24, 2.45) is 11.8 Å². The summed E-state index contributed by atoms with van der Waals surface area (Å²) in [6.07, 6.45) is 4.10. The van der Waals surface area contributed by atoms with E-state index in [0.717, 1.165) is 43.9 Å². The second-order valence-electron chi connectivity index (χ2n) is 8.37. The normalized spacial score (nSPS) is 24.8. The minimum Gasteiger partial charge on any atom is -0.487 e. The van der Waals surface area contributed by atoms with Gasteiger partial charge in [0.25, 0.3) is 0 Å². The third kappa shape index (κ3) is 4.80. The first-order chi connectivity index (χ1) is 15.2. The molecule has 162 valence electrons. The van der Waals surface area contributed by atoms with Crippen LogP contribution in [0.25, 0.3) is 0 Å². The number of piperidine rings is 3. The van der Waals surface area contributed by atoms with Crippen molar-refractivity contribution in [3.63, 3.8) is 0 Å². The Kier molecular flexibility index (Phi) is 5.99. The van der Waals surface area contributed by atoms with Crippen LogP contribution in [0.2, 0.25) is 0 Å². The van der Waals surface area contributed by atoms with Gasteiger partial charge in [-0.1, -0.05) is 29.5 Å². The molecule has 3 aliphatic rings. The third-order valence-corrected chi connectivity index (χ3v) is 7.22. The lowest BCUT2D eigenvalue weighted by Crippen LogP contribution is -2.57. The van der Waals surface area contributed by atoms with Crippen molar-refractivity contribution in [2.75, 3.05) is 13.1 Å². The molecule has 3 saturated heterocycles. The summed E-state index contributed by atoms with van der Waals surface area (Å²) in [5.41, 5.74) is 0.825. The van der Waals surface area contributed by atoms with E-state index in [1.165, 1.54) is 4.88 Å². The largest absolute Gasteiger partial charge is 0.487 e. The van der Waals surface area contributed by atoms with Crippen LogP contribution in [0, 0.1) is 11.8 Å². The van der Waals surface area contributed by atoms with Gasteiger partial charge in [-0.05, 0) is 48.9 Å². The zero-order valence-corrected chi connectivity index (χ0v) is 18.2. The molecule has 1 N–H and O–H groups in total. The van der Waals surface area contributed by atoms with Crippen LogP contribution in [0.5, 0.6) is 5.75 Å². The summed E-state index contributed by atoms with van der Waals surface area (Å²) in [6.45, 7) is 3.74. The molecule has 2 aromatic heterocycles. The number of nitrogens with zero attached hydrogens (tertiary/aromatic N) is 4. The number of carbonyl (C=O) groups is 1. The summed E-state index contributed by atoms with van der Waals surface area (Å²) in [4.78, 5) is 16.4. The number of para-hydroxylation sites is 1. The van der Waals surface area contributed by atoms with Crippen molar-refractivity contribution < 1.29 is 9.53 Å². The Morgan fingerprint density at radius 3 is 2.90 bits per heavy atom. The summed E-state index contributed by atoms with van der Waals surface area (Å²) in [5.74, 6) is 1.57. The Balaban J connectivity index is 1.13. The number of amides is 1. The Morgan fingerprint density at radius 1 is 1.23 bits per heavy atom. The summed E-state index contributed by atoms with van der Waals surface area (Å²) in [6, 6.07) is 14.2. The van der Waals surface area contributed by atoms with E-state index in [2.05, 4.69) is 26.6 Å². The van der Waals surface area contributed by atoms with Gasteiger partial charge in [0, 0.05) is 17.5 Å². The van der Waals surface area contributed by atoms with Crippen LogP contribution >= 0.6 is 11.3 Å². The molecule has 31 heavy (non-hydrogen) atoms. The molecule has 6 rings (SSSR count). The fourth-order valence-electron chi connectivity index (χ4n) is 4.73. The molecule has 3 fully saturated rings. The van der Waals surface area contributed by atoms with Gasteiger partial charge in [-0.15, -0.1) is 16.4 Å². The zero-order valence-electron chi connectivity index (χ0n) is 17.4. The summed E-state index contributed by atoms with van der Waals surface area (Å²) >= 11 is 1.68. The standard InChI is InChI=1S/C23H27N5O2S/c29-23(24-12-21-7-4-10-31-21)22-15-27-9-8-17(22)11-19(27)14-28-13-18(25-26-28)16-30-20-5-2-1-3-6-20/h1-7,10,13,17,19,22H,8-9,11-12,14-16H2,(H,24,29)/t17-,19+,22-/m0/s1. The average Bonchev–Trinajstić information content (AvgIpc) is 3.49.